The second kappa shape index (κ2) is 4.12. The Morgan fingerprint density at radius 1 is 1.60 bits per heavy atom. The summed E-state index contributed by atoms with van der Waals surface area (Å²) in [5.41, 5.74) is 6.26. The van der Waals surface area contributed by atoms with Gasteiger partial charge in [-0.3, -0.25) is 0 Å². The van der Waals surface area contributed by atoms with E-state index in [1.807, 2.05) is 13.8 Å². The van der Waals surface area contributed by atoms with Crippen LogP contribution in [0.5, 0.6) is 0 Å². The Hall–Kier alpha value is -0.760. The zero-order valence-electron chi connectivity index (χ0n) is 6.19. The van der Waals surface area contributed by atoms with Crippen LogP contribution in [0.4, 0.5) is 0 Å². The van der Waals surface area contributed by atoms with E-state index in [0.29, 0.717) is 11.0 Å². The normalized spacial score (nSPS) is 10.9. The lowest BCUT2D eigenvalue weighted by Gasteiger charge is -1.93. The molecule has 0 aromatic carbocycles. The third kappa shape index (κ3) is 3.30. The molecule has 56 valence electrons. The number of allylic oxidation sites excluding steroid dienone is 1. The van der Waals surface area contributed by atoms with E-state index in [0.717, 1.165) is 5.57 Å². The van der Waals surface area contributed by atoms with Gasteiger partial charge in [-0.1, -0.05) is 18.2 Å². The van der Waals surface area contributed by atoms with Gasteiger partial charge in [0.2, 0.25) is 0 Å². The van der Waals surface area contributed by atoms with Crippen LogP contribution in [0.3, 0.4) is 0 Å². The lowest BCUT2D eigenvalue weighted by Crippen LogP contribution is -2.06. The minimum atomic E-state index is 0.339. The first-order valence-corrected chi connectivity index (χ1v) is 3.25. The molecule has 3 heteroatoms. The average molecular weight is 159 g/mol. The first-order valence-electron chi connectivity index (χ1n) is 2.87. The molecule has 0 aromatic heterocycles. The number of rotatable bonds is 2. The summed E-state index contributed by atoms with van der Waals surface area (Å²) in [6.45, 7) is 7.16. The zero-order chi connectivity index (χ0) is 8.15. The SMILES string of the molecule is C=C/C(N)=N\C(Cl)=C(C)C. The minimum absolute atomic E-state index is 0.339. The first kappa shape index (κ1) is 9.24. The number of nitrogens with two attached hydrogens (primary N) is 1. The van der Waals surface area contributed by atoms with Gasteiger partial charge in [0.15, 0.2) is 0 Å². The molecule has 0 spiro atoms. The summed E-state index contributed by atoms with van der Waals surface area (Å²) in [5.74, 6) is 0.339. The van der Waals surface area contributed by atoms with Gasteiger partial charge < -0.3 is 5.73 Å². The van der Waals surface area contributed by atoms with Crippen molar-refractivity contribution in [2.75, 3.05) is 0 Å². The van der Waals surface area contributed by atoms with Crippen molar-refractivity contribution < 1.29 is 0 Å². The van der Waals surface area contributed by atoms with Gasteiger partial charge in [0.1, 0.15) is 11.0 Å². The number of amidine groups is 1. The van der Waals surface area contributed by atoms with Crippen molar-refractivity contribution in [2.45, 2.75) is 13.8 Å². The standard InChI is InChI=1S/C7H11ClN2/c1-4-6(9)10-7(8)5(2)3/h4H,1H2,2-3H3,(H2,9,10). The molecule has 0 unspecified atom stereocenters. The highest BCUT2D eigenvalue weighted by Gasteiger charge is 1.90. The van der Waals surface area contributed by atoms with Crippen LogP contribution in [0.2, 0.25) is 0 Å². The van der Waals surface area contributed by atoms with Crippen molar-refractivity contribution in [1.29, 1.82) is 0 Å². The fraction of sp³-hybridized carbons (Fsp3) is 0.286. The predicted molar refractivity (Wildman–Crippen MR) is 46.0 cm³/mol. The maximum Gasteiger partial charge on any atom is 0.130 e. The van der Waals surface area contributed by atoms with E-state index in [2.05, 4.69) is 11.6 Å². The molecule has 0 aliphatic carbocycles. The molecule has 2 nitrogen and oxygen atoms in total. The summed E-state index contributed by atoms with van der Waals surface area (Å²) < 4.78 is 0. The molecule has 0 radical (unpaired) electrons. The van der Waals surface area contributed by atoms with Gasteiger partial charge in [-0.05, 0) is 25.5 Å². The van der Waals surface area contributed by atoms with Gasteiger partial charge in [-0.25, -0.2) is 4.99 Å². The quantitative estimate of drug-likeness (QED) is 0.373. The number of hydrogen-bond acceptors (Lipinski definition) is 1. The summed E-state index contributed by atoms with van der Waals surface area (Å²) >= 11 is 5.65. The third-order valence-corrected chi connectivity index (χ3v) is 1.31. The van der Waals surface area contributed by atoms with Gasteiger partial charge in [-0.15, -0.1) is 0 Å². The van der Waals surface area contributed by atoms with Crippen molar-refractivity contribution in [3.05, 3.63) is 23.4 Å². The molecule has 0 fully saturated rings. The number of aliphatic imine (C=N–C) groups is 1. The molecule has 0 amide bonds. The van der Waals surface area contributed by atoms with E-state index >= 15 is 0 Å². The van der Waals surface area contributed by atoms with Crippen molar-refractivity contribution in [3.63, 3.8) is 0 Å². The van der Waals surface area contributed by atoms with E-state index in [4.69, 9.17) is 17.3 Å². The van der Waals surface area contributed by atoms with Crippen LogP contribution in [-0.4, -0.2) is 5.84 Å². The summed E-state index contributed by atoms with van der Waals surface area (Å²) in [5, 5.41) is 0.428. The van der Waals surface area contributed by atoms with Gasteiger partial charge in [0.25, 0.3) is 0 Å². The molecular formula is C7H11ClN2. The first-order chi connectivity index (χ1) is 4.57. The molecule has 0 aliphatic heterocycles. The van der Waals surface area contributed by atoms with E-state index < -0.39 is 0 Å². The maximum atomic E-state index is 5.65. The molecule has 0 bridgehead atoms. The van der Waals surface area contributed by atoms with Gasteiger partial charge in [0.05, 0.1) is 0 Å². The topological polar surface area (TPSA) is 38.4 Å². The molecule has 10 heavy (non-hydrogen) atoms. The molecule has 0 atom stereocenters. The Kier molecular flexibility index (Phi) is 3.81. The lowest BCUT2D eigenvalue weighted by molar-refractivity contribution is 1.30. The highest BCUT2D eigenvalue weighted by molar-refractivity contribution is 6.30. The van der Waals surface area contributed by atoms with Crippen LogP contribution >= 0.6 is 11.6 Å². The fourth-order valence-corrected chi connectivity index (χ4v) is 0.368. The lowest BCUT2D eigenvalue weighted by atomic mass is 10.4. The largest absolute Gasteiger partial charge is 0.384 e. The van der Waals surface area contributed by atoms with Crippen LogP contribution in [0.1, 0.15) is 13.8 Å². The van der Waals surface area contributed by atoms with Gasteiger partial charge >= 0.3 is 0 Å². The second-order valence-electron chi connectivity index (χ2n) is 2.03. The Bertz CT molecular complexity index is 188. The molecule has 0 aliphatic rings. The van der Waals surface area contributed by atoms with Crippen molar-refractivity contribution >= 4 is 17.4 Å². The van der Waals surface area contributed by atoms with Crippen LogP contribution in [0.25, 0.3) is 0 Å². The second-order valence-corrected chi connectivity index (χ2v) is 2.39. The molecule has 0 heterocycles. The Morgan fingerprint density at radius 2 is 2.10 bits per heavy atom. The van der Waals surface area contributed by atoms with Crippen molar-refractivity contribution in [1.82, 2.24) is 0 Å². The molecular weight excluding hydrogens is 148 g/mol. The maximum absolute atomic E-state index is 5.65. The molecule has 0 saturated heterocycles. The van der Waals surface area contributed by atoms with Gasteiger partial charge in [-0.2, -0.15) is 0 Å². The third-order valence-electron chi connectivity index (χ3n) is 0.849. The van der Waals surface area contributed by atoms with Crippen LogP contribution in [0.15, 0.2) is 28.4 Å². The highest BCUT2D eigenvalue weighted by atomic mass is 35.5. The van der Waals surface area contributed by atoms with Crippen molar-refractivity contribution in [2.24, 2.45) is 10.7 Å². The van der Waals surface area contributed by atoms with E-state index in [1.165, 1.54) is 6.08 Å². The summed E-state index contributed by atoms with van der Waals surface area (Å²) in [6, 6.07) is 0. The molecule has 0 aromatic rings. The monoisotopic (exact) mass is 158 g/mol. The Balaban J connectivity index is 4.42. The van der Waals surface area contributed by atoms with E-state index in [1.54, 1.807) is 0 Å². The van der Waals surface area contributed by atoms with Crippen LogP contribution < -0.4 is 5.73 Å². The zero-order valence-corrected chi connectivity index (χ0v) is 6.94. The Labute approximate surface area is 66.1 Å². The Morgan fingerprint density at radius 3 is 2.40 bits per heavy atom. The molecule has 0 saturated carbocycles. The van der Waals surface area contributed by atoms with Gasteiger partial charge in [0, 0.05) is 0 Å². The average Bonchev–Trinajstić information content (AvgIpc) is 1.87. The number of nitrogens with zero attached hydrogens (tertiary/aromatic N) is 1. The molecule has 2 N–H and O–H groups in total. The minimum Gasteiger partial charge on any atom is -0.384 e. The number of hydrogen-bond donors (Lipinski definition) is 1. The summed E-state index contributed by atoms with van der Waals surface area (Å²) in [4.78, 5) is 3.82. The van der Waals surface area contributed by atoms with Crippen molar-refractivity contribution in [3.8, 4) is 0 Å². The summed E-state index contributed by atoms with van der Waals surface area (Å²) in [6.07, 6.45) is 1.45. The van der Waals surface area contributed by atoms with Crippen LogP contribution in [0, 0.1) is 0 Å². The predicted octanol–water partition coefficient (Wildman–Crippen LogP) is 2.02. The fourth-order valence-electron chi connectivity index (χ4n) is 0.271. The smallest absolute Gasteiger partial charge is 0.130 e. The highest BCUT2D eigenvalue weighted by Crippen LogP contribution is 2.08. The van der Waals surface area contributed by atoms with E-state index in [9.17, 15) is 0 Å². The molecule has 0 rings (SSSR count). The van der Waals surface area contributed by atoms with E-state index in [-0.39, 0.29) is 0 Å². The van der Waals surface area contributed by atoms with Crippen LogP contribution in [-0.2, 0) is 0 Å². The summed E-state index contributed by atoms with van der Waals surface area (Å²) in [7, 11) is 0. The number of halogens is 1.